The van der Waals surface area contributed by atoms with Crippen molar-refractivity contribution in [1.82, 2.24) is 24.6 Å². The zero-order valence-electron chi connectivity index (χ0n) is 21.0. The summed E-state index contributed by atoms with van der Waals surface area (Å²) in [6.45, 7) is -0.408. The van der Waals surface area contributed by atoms with E-state index in [2.05, 4.69) is 31.0 Å². The van der Waals surface area contributed by atoms with E-state index in [9.17, 15) is 19.2 Å². The summed E-state index contributed by atoms with van der Waals surface area (Å²) in [6, 6.07) is 14.1. The number of anilines is 3. The molecule has 3 aromatic heterocycles. The van der Waals surface area contributed by atoms with Crippen molar-refractivity contribution in [3.63, 3.8) is 0 Å². The molecule has 0 spiro atoms. The Labute approximate surface area is 232 Å². The minimum atomic E-state index is -0.793. The minimum absolute atomic E-state index is 0.0562. The molecule has 13 nitrogen and oxygen atoms in total. The average molecular weight is 562 g/mol. The lowest BCUT2D eigenvalue weighted by Crippen LogP contribution is -2.41. The van der Waals surface area contributed by atoms with Crippen molar-refractivity contribution < 1.29 is 19.2 Å². The van der Waals surface area contributed by atoms with Crippen LogP contribution in [0.3, 0.4) is 0 Å². The van der Waals surface area contributed by atoms with Gasteiger partial charge in [0.15, 0.2) is 5.69 Å². The zero-order chi connectivity index (χ0) is 28.2. The van der Waals surface area contributed by atoms with E-state index < -0.39 is 17.8 Å². The van der Waals surface area contributed by atoms with Gasteiger partial charge in [0.05, 0.1) is 5.52 Å². The van der Waals surface area contributed by atoms with Gasteiger partial charge in [0, 0.05) is 23.3 Å². The number of hydrogen-bond donors (Lipinski definition) is 4. The van der Waals surface area contributed by atoms with E-state index in [0.717, 1.165) is 12.8 Å². The Bertz CT molecular complexity index is 1600. The van der Waals surface area contributed by atoms with Gasteiger partial charge in [-0.3, -0.25) is 24.4 Å². The van der Waals surface area contributed by atoms with Crippen LogP contribution in [0.15, 0.2) is 60.8 Å². The third kappa shape index (κ3) is 6.32. The van der Waals surface area contributed by atoms with Gasteiger partial charge in [-0.1, -0.05) is 23.7 Å². The van der Waals surface area contributed by atoms with Crippen molar-refractivity contribution in [3.8, 4) is 0 Å². The molecule has 1 aromatic carbocycles. The molecule has 1 aliphatic rings. The highest BCUT2D eigenvalue weighted by molar-refractivity contribution is 6.29. The van der Waals surface area contributed by atoms with Gasteiger partial charge in [-0.2, -0.15) is 5.10 Å². The van der Waals surface area contributed by atoms with Crippen molar-refractivity contribution in [2.24, 2.45) is 5.73 Å². The van der Waals surface area contributed by atoms with Crippen molar-refractivity contribution in [1.29, 1.82) is 0 Å². The van der Waals surface area contributed by atoms with E-state index in [1.165, 1.54) is 9.58 Å². The number of nitrogens with two attached hydrogens (primary N) is 1. The fourth-order valence-corrected chi connectivity index (χ4v) is 4.28. The molecule has 14 heteroatoms. The number of pyridine rings is 2. The molecule has 1 aliphatic carbocycles. The van der Waals surface area contributed by atoms with E-state index in [0.29, 0.717) is 22.4 Å². The number of carbonyl (C=O) groups excluding carboxylic acids is 4. The van der Waals surface area contributed by atoms with E-state index in [1.54, 1.807) is 60.8 Å². The van der Waals surface area contributed by atoms with Gasteiger partial charge in [-0.25, -0.2) is 14.8 Å². The molecule has 0 aliphatic heterocycles. The first kappa shape index (κ1) is 26.6. The van der Waals surface area contributed by atoms with Crippen LogP contribution in [0.1, 0.15) is 23.3 Å². The first-order chi connectivity index (χ1) is 19.3. The largest absolute Gasteiger partial charge is 0.364 e. The Morgan fingerprint density at radius 3 is 2.50 bits per heavy atom. The van der Waals surface area contributed by atoms with Gasteiger partial charge in [-0.15, -0.1) is 0 Å². The summed E-state index contributed by atoms with van der Waals surface area (Å²) in [4.78, 5) is 60.1. The Morgan fingerprint density at radius 1 is 1.00 bits per heavy atom. The number of rotatable bonds is 9. The van der Waals surface area contributed by atoms with Crippen LogP contribution in [-0.2, 0) is 16.1 Å². The van der Waals surface area contributed by atoms with Gasteiger partial charge in [0.2, 0.25) is 11.8 Å². The summed E-state index contributed by atoms with van der Waals surface area (Å²) in [5.74, 6) is -0.920. The summed E-state index contributed by atoms with van der Waals surface area (Å²) in [5, 5.41) is 12.8. The predicted octanol–water partition coefficient (Wildman–Crippen LogP) is 2.85. The number of carbonyl (C=O) groups is 4. The van der Waals surface area contributed by atoms with Crippen LogP contribution >= 0.6 is 11.6 Å². The van der Waals surface area contributed by atoms with Crippen molar-refractivity contribution in [2.75, 3.05) is 22.5 Å². The van der Waals surface area contributed by atoms with Crippen LogP contribution in [0.25, 0.3) is 10.9 Å². The van der Waals surface area contributed by atoms with E-state index >= 15 is 0 Å². The normalized spacial score (nSPS) is 12.5. The van der Waals surface area contributed by atoms with Gasteiger partial charge < -0.3 is 21.3 Å². The third-order valence-electron chi connectivity index (χ3n) is 6.04. The molecular weight excluding hydrogens is 538 g/mol. The van der Waals surface area contributed by atoms with Crippen LogP contribution in [0.5, 0.6) is 0 Å². The molecule has 4 aromatic rings. The molecule has 5 rings (SSSR count). The number of amides is 5. The molecule has 5 amide bonds. The number of halogens is 1. The zero-order valence-corrected chi connectivity index (χ0v) is 21.8. The number of nitrogens with one attached hydrogen (secondary N) is 3. The predicted molar refractivity (Wildman–Crippen MR) is 148 cm³/mol. The monoisotopic (exact) mass is 561 g/mol. The molecule has 0 saturated heterocycles. The molecule has 0 bridgehead atoms. The Kier molecular flexibility index (Phi) is 7.55. The SMILES string of the molecule is NC(=O)c1nn(CC(=O)N(CC(=O)Nc2cccc(Cl)n2)C2CC2)c2ccc(NC(=O)Nc3ccccn3)cc12. The summed E-state index contributed by atoms with van der Waals surface area (Å²) in [6.07, 6.45) is 3.09. The van der Waals surface area contributed by atoms with Crippen LogP contribution in [0.4, 0.5) is 22.1 Å². The maximum Gasteiger partial charge on any atom is 0.324 e. The highest BCUT2D eigenvalue weighted by Gasteiger charge is 2.34. The van der Waals surface area contributed by atoms with E-state index in [1.807, 2.05) is 0 Å². The van der Waals surface area contributed by atoms with Crippen molar-refractivity contribution in [3.05, 3.63) is 71.6 Å². The first-order valence-electron chi connectivity index (χ1n) is 12.3. The summed E-state index contributed by atoms with van der Waals surface area (Å²) < 4.78 is 1.36. The molecular formula is C26H24ClN9O4. The number of fused-ring (bicyclic) bond motifs is 1. The maximum absolute atomic E-state index is 13.3. The molecule has 204 valence electrons. The van der Waals surface area contributed by atoms with Gasteiger partial charge >= 0.3 is 6.03 Å². The summed E-state index contributed by atoms with van der Waals surface area (Å²) in [7, 11) is 0. The van der Waals surface area contributed by atoms with Gasteiger partial charge in [0.1, 0.15) is 29.9 Å². The topological polar surface area (TPSA) is 177 Å². The van der Waals surface area contributed by atoms with Crippen LogP contribution < -0.4 is 21.7 Å². The van der Waals surface area contributed by atoms with Gasteiger partial charge in [-0.05, 0) is 55.3 Å². The molecule has 1 saturated carbocycles. The highest BCUT2D eigenvalue weighted by atomic mass is 35.5. The fourth-order valence-electron chi connectivity index (χ4n) is 4.12. The molecule has 5 N–H and O–H groups in total. The van der Waals surface area contributed by atoms with Gasteiger partial charge in [0.25, 0.3) is 5.91 Å². The van der Waals surface area contributed by atoms with E-state index in [-0.39, 0.29) is 41.7 Å². The summed E-state index contributed by atoms with van der Waals surface area (Å²) in [5.41, 5.74) is 6.34. The van der Waals surface area contributed by atoms with E-state index in [4.69, 9.17) is 17.3 Å². The smallest absolute Gasteiger partial charge is 0.324 e. The molecule has 40 heavy (non-hydrogen) atoms. The minimum Gasteiger partial charge on any atom is -0.364 e. The van der Waals surface area contributed by atoms with Crippen molar-refractivity contribution in [2.45, 2.75) is 25.4 Å². The third-order valence-corrected chi connectivity index (χ3v) is 6.25. The number of nitrogens with zero attached hydrogens (tertiary/aromatic N) is 5. The Balaban J connectivity index is 1.31. The lowest BCUT2D eigenvalue weighted by molar-refractivity contribution is -0.135. The lowest BCUT2D eigenvalue weighted by atomic mass is 10.2. The van der Waals surface area contributed by atoms with Crippen LogP contribution in [0.2, 0.25) is 5.15 Å². The number of hydrogen-bond acceptors (Lipinski definition) is 7. The molecule has 0 radical (unpaired) electrons. The first-order valence-corrected chi connectivity index (χ1v) is 12.7. The number of aromatic nitrogens is 4. The molecule has 3 heterocycles. The second-order valence-corrected chi connectivity index (χ2v) is 9.43. The number of benzene rings is 1. The van der Waals surface area contributed by atoms with Crippen molar-refractivity contribution >= 4 is 63.6 Å². The Hall–Kier alpha value is -5.04. The lowest BCUT2D eigenvalue weighted by Gasteiger charge is -2.22. The quantitative estimate of drug-likeness (QED) is 0.227. The standard InChI is InChI=1S/C26H24ClN9O4/c27-19-4-3-6-21(31-19)32-22(37)13-35(16-8-9-16)23(38)14-36-18-10-7-15(12-17(18)24(34-36)25(28)39)30-26(40)33-20-5-1-2-11-29-20/h1-7,10-12,16H,8-9,13-14H2,(H2,28,39)(H,31,32,37)(H2,29,30,33,40). The number of primary amides is 1. The summed E-state index contributed by atoms with van der Waals surface area (Å²) >= 11 is 5.88. The second kappa shape index (κ2) is 11.4. The van der Waals surface area contributed by atoms with Crippen LogP contribution in [-0.4, -0.2) is 61.0 Å². The molecule has 0 atom stereocenters. The second-order valence-electron chi connectivity index (χ2n) is 9.04. The molecule has 0 unspecified atom stereocenters. The molecule has 1 fully saturated rings. The Morgan fingerprint density at radius 2 is 1.80 bits per heavy atom. The number of urea groups is 1. The maximum atomic E-state index is 13.3. The fraction of sp³-hybridized carbons (Fsp3) is 0.192. The highest BCUT2D eigenvalue weighted by Crippen LogP contribution is 2.28. The average Bonchev–Trinajstić information content (AvgIpc) is 3.69. The van der Waals surface area contributed by atoms with Crippen LogP contribution in [0, 0.1) is 0 Å².